The number of aryl methyl sites for hydroxylation is 2. The minimum Gasteiger partial charge on any atom is -0.319 e. The lowest BCUT2D eigenvalue weighted by molar-refractivity contribution is 0.102. The third-order valence-corrected chi connectivity index (χ3v) is 3.75. The Kier molecular flexibility index (Phi) is 4.01. The molecule has 1 aromatic heterocycles. The molecule has 0 unspecified atom stereocenters. The number of amides is 1. The van der Waals surface area contributed by atoms with E-state index in [1.165, 1.54) is 12.1 Å². The van der Waals surface area contributed by atoms with Gasteiger partial charge in [0.15, 0.2) is 0 Å². The molecule has 0 aliphatic carbocycles. The maximum Gasteiger partial charge on any atom is 0.256 e. The Morgan fingerprint density at radius 1 is 1.13 bits per heavy atom. The maximum absolute atomic E-state index is 13.9. The van der Waals surface area contributed by atoms with E-state index >= 15 is 0 Å². The maximum atomic E-state index is 13.9. The van der Waals surface area contributed by atoms with Crippen LogP contribution in [0.5, 0.6) is 0 Å². The Balaban J connectivity index is 2.05. The molecule has 3 rings (SSSR count). The molecule has 1 N–H and O–H groups in total. The van der Waals surface area contributed by atoms with Crippen LogP contribution in [0.25, 0.3) is 10.9 Å². The number of benzene rings is 2. The van der Waals surface area contributed by atoms with Gasteiger partial charge in [-0.05, 0) is 50.2 Å². The number of anilines is 1. The molecular weight excluding hydrogens is 315 g/mol. The molecule has 3 aromatic rings. The van der Waals surface area contributed by atoms with Crippen molar-refractivity contribution in [2.75, 3.05) is 5.32 Å². The topological polar surface area (TPSA) is 42.0 Å². The highest BCUT2D eigenvalue weighted by Crippen LogP contribution is 2.23. The van der Waals surface area contributed by atoms with Gasteiger partial charge in [-0.1, -0.05) is 23.2 Å². The number of nitrogens with one attached hydrogen (secondary N) is 1. The standard InChI is InChI=1S/C18H14ClFN2O/c1-10-3-5-16-13(7-10)14(8-11(2)21-16)18(23)22-17-6-4-12(19)9-15(17)20/h3-9H,1-2H3,(H,22,23). The Labute approximate surface area is 138 Å². The fourth-order valence-corrected chi connectivity index (χ4v) is 2.60. The van der Waals surface area contributed by atoms with E-state index in [2.05, 4.69) is 10.3 Å². The van der Waals surface area contributed by atoms with Crippen molar-refractivity contribution in [3.63, 3.8) is 0 Å². The highest BCUT2D eigenvalue weighted by molar-refractivity contribution is 6.30. The van der Waals surface area contributed by atoms with E-state index in [1.54, 1.807) is 6.07 Å². The first-order valence-corrected chi connectivity index (χ1v) is 7.46. The van der Waals surface area contributed by atoms with Crippen molar-refractivity contribution in [1.82, 2.24) is 4.98 Å². The van der Waals surface area contributed by atoms with Crippen molar-refractivity contribution < 1.29 is 9.18 Å². The summed E-state index contributed by atoms with van der Waals surface area (Å²) in [4.78, 5) is 17.0. The van der Waals surface area contributed by atoms with Crippen LogP contribution in [-0.2, 0) is 0 Å². The minimum absolute atomic E-state index is 0.0923. The van der Waals surface area contributed by atoms with E-state index in [0.29, 0.717) is 5.56 Å². The third kappa shape index (κ3) is 3.17. The van der Waals surface area contributed by atoms with E-state index < -0.39 is 5.82 Å². The molecule has 2 aromatic carbocycles. The zero-order valence-electron chi connectivity index (χ0n) is 12.7. The predicted octanol–water partition coefficient (Wildman–Crippen LogP) is 4.90. The number of fused-ring (bicyclic) bond motifs is 1. The number of halogens is 2. The molecule has 1 heterocycles. The van der Waals surface area contributed by atoms with Crippen molar-refractivity contribution >= 4 is 34.1 Å². The van der Waals surface area contributed by atoms with E-state index in [1.807, 2.05) is 32.0 Å². The molecule has 1 amide bonds. The van der Waals surface area contributed by atoms with E-state index in [-0.39, 0.29) is 16.6 Å². The number of rotatable bonds is 2. The van der Waals surface area contributed by atoms with Gasteiger partial charge in [0.1, 0.15) is 5.82 Å². The summed E-state index contributed by atoms with van der Waals surface area (Å²) < 4.78 is 13.9. The van der Waals surface area contributed by atoms with Crippen LogP contribution in [0.1, 0.15) is 21.6 Å². The first-order chi connectivity index (χ1) is 10.9. The Hall–Kier alpha value is -2.46. The molecule has 0 aliphatic heterocycles. The lowest BCUT2D eigenvalue weighted by Gasteiger charge is -2.10. The van der Waals surface area contributed by atoms with Crippen LogP contribution < -0.4 is 5.32 Å². The van der Waals surface area contributed by atoms with Crippen molar-refractivity contribution in [3.05, 3.63) is 70.1 Å². The van der Waals surface area contributed by atoms with Gasteiger partial charge in [0.05, 0.1) is 16.8 Å². The van der Waals surface area contributed by atoms with Crippen LogP contribution >= 0.6 is 11.6 Å². The summed E-state index contributed by atoms with van der Waals surface area (Å²) in [6.45, 7) is 3.76. The largest absolute Gasteiger partial charge is 0.319 e. The smallest absolute Gasteiger partial charge is 0.256 e. The highest BCUT2D eigenvalue weighted by atomic mass is 35.5. The summed E-state index contributed by atoms with van der Waals surface area (Å²) in [5.41, 5.74) is 3.04. The molecule has 0 spiro atoms. The lowest BCUT2D eigenvalue weighted by atomic mass is 10.0. The summed E-state index contributed by atoms with van der Waals surface area (Å²) in [5.74, 6) is -0.954. The highest BCUT2D eigenvalue weighted by Gasteiger charge is 2.14. The molecule has 3 nitrogen and oxygen atoms in total. The number of carbonyl (C=O) groups is 1. The van der Waals surface area contributed by atoms with Crippen LogP contribution in [0, 0.1) is 19.7 Å². The van der Waals surface area contributed by atoms with Gasteiger partial charge in [-0.2, -0.15) is 0 Å². The predicted molar refractivity (Wildman–Crippen MR) is 90.6 cm³/mol. The second-order valence-corrected chi connectivity index (χ2v) is 5.85. The number of carbonyl (C=O) groups excluding carboxylic acids is 1. The van der Waals surface area contributed by atoms with Crippen LogP contribution in [0.4, 0.5) is 10.1 Å². The van der Waals surface area contributed by atoms with Gasteiger partial charge in [-0.15, -0.1) is 0 Å². The number of hydrogen-bond donors (Lipinski definition) is 1. The summed E-state index contributed by atoms with van der Waals surface area (Å²) in [6, 6.07) is 11.5. The zero-order chi connectivity index (χ0) is 16.6. The average molecular weight is 329 g/mol. The SMILES string of the molecule is Cc1ccc2nc(C)cc(C(=O)Nc3ccc(Cl)cc3F)c2c1. The molecule has 116 valence electrons. The van der Waals surface area contributed by atoms with Crippen LogP contribution in [0.15, 0.2) is 42.5 Å². The van der Waals surface area contributed by atoms with Gasteiger partial charge in [-0.3, -0.25) is 9.78 Å². The van der Waals surface area contributed by atoms with Gasteiger partial charge in [0, 0.05) is 16.1 Å². The molecule has 0 radical (unpaired) electrons. The fourth-order valence-electron chi connectivity index (χ4n) is 2.44. The molecule has 5 heteroatoms. The molecule has 0 aliphatic rings. The Morgan fingerprint density at radius 3 is 2.65 bits per heavy atom. The monoisotopic (exact) mass is 328 g/mol. The first kappa shape index (κ1) is 15.4. The number of nitrogens with zero attached hydrogens (tertiary/aromatic N) is 1. The van der Waals surface area contributed by atoms with Crippen LogP contribution in [0.3, 0.4) is 0 Å². The molecule has 23 heavy (non-hydrogen) atoms. The van der Waals surface area contributed by atoms with Crippen LogP contribution in [0.2, 0.25) is 5.02 Å². The lowest BCUT2D eigenvalue weighted by Crippen LogP contribution is -2.14. The normalized spacial score (nSPS) is 10.8. The van der Waals surface area contributed by atoms with Crippen molar-refractivity contribution in [3.8, 4) is 0 Å². The van der Waals surface area contributed by atoms with Crippen LogP contribution in [-0.4, -0.2) is 10.9 Å². The molecular formula is C18H14ClFN2O. The second-order valence-electron chi connectivity index (χ2n) is 5.41. The number of hydrogen-bond acceptors (Lipinski definition) is 2. The molecule has 0 fully saturated rings. The Bertz CT molecular complexity index is 924. The van der Waals surface area contributed by atoms with E-state index in [0.717, 1.165) is 28.2 Å². The number of pyridine rings is 1. The third-order valence-electron chi connectivity index (χ3n) is 3.52. The molecule has 0 saturated heterocycles. The minimum atomic E-state index is -0.572. The number of aromatic nitrogens is 1. The summed E-state index contributed by atoms with van der Waals surface area (Å²) in [5, 5.41) is 3.61. The van der Waals surface area contributed by atoms with E-state index in [4.69, 9.17) is 11.6 Å². The quantitative estimate of drug-likeness (QED) is 0.727. The van der Waals surface area contributed by atoms with Gasteiger partial charge in [0.25, 0.3) is 5.91 Å². The van der Waals surface area contributed by atoms with Crippen molar-refractivity contribution in [2.45, 2.75) is 13.8 Å². The molecule has 0 atom stereocenters. The Morgan fingerprint density at radius 2 is 1.91 bits per heavy atom. The first-order valence-electron chi connectivity index (χ1n) is 7.08. The summed E-state index contributed by atoms with van der Waals surface area (Å²) in [7, 11) is 0. The summed E-state index contributed by atoms with van der Waals surface area (Å²) in [6.07, 6.45) is 0. The van der Waals surface area contributed by atoms with Gasteiger partial charge in [0.2, 0.25) is 0 Å². The fraction of sp³-hybridized carbons (Fsp3) is 0.111. The van der Waals surface area contributed by atoms with Gasteiger partial charge >= 0.3 is 0 Å². The van der Waals surface area contributed by atoms with E-state index in [9.17, 15) is 9.18 Å². The molecule has 0 bridgehead atoms. The van der Waals surface area contributed by atoms with Crippen molar-refractivity contribution in [2.24, 2.45) is 0 Å². The van der Waals surface area contributed by atoms with Gasteiger partial charge in [-0.25, -0.2) is 4.39 Å². The zero-order valence-corrected chi connectivity index (χ0v) is 13.4. The van der Waals surface area contributed by atoms with Gasteiger partial charge < -0.3 is 5.32 Å². The summed E-state index contributed by atoms with van der Waals surface area (Å²) >= 11 is 5.73. The average Bonchev–Trinajstić information content (AvgIpc) is 2.49. The second kappa shape index (κ2) is 5.97. The molecule has 0 saturated carbocycles. The van der Waals surface area contributed by atoms with Crippen molar-refractivity contribution in [1.29, 1.82) is 0 Å².